The number of hydrogen-bond acceptors (Lipinski definition) is 3. The third-order valence-corrected chi connectivity index (χ3v) is 5.08. The Bertz CT molecular complexity index is 1070. The van der Waals surface area contributed by atoms with Gasteiger partial charge in [0.1, 0.15) is 0 Å². The number of allylic oxidation sites excluding steroid dienone is 1. The Labute approximate surface area is 182 Å². The van der Waals surface area contributed by atoms with Crippen molar-refractivity contribution >= 4 is 17.8 Å². The van der Waals surface area contributed by atoms with E-state index in [0.29, 0.717) is 17.8 Å². The normalized spacial score (nSPS) is 11.7. The van der Waals surface area contributed by atoms with Crippen LogP contribution in [0.15, 0.2) is 72.9 Å². The number of nitrogens with zero attached hydrogens (tertiary/aromatic N) is 1. The summed E-state index contributed by atoms with van der Waals surface area (Å²) >= 11 is 0. The summed E-state index contributed by atoms with van der Waals surface area (Å²) in [7, 11) is 0. The Kier molecular flexibility index (Phi) is 6.88. The van der Waals surface area contributed by atoms with Crippen LogP contribution in [0, 0.1) is 6.92 Å². The standard InChI is InChI=1S/C26H27NO4/c1-19-8-14-22(15-9-19)24(28)23-7-5-17-27(23)16-4-6-20-10-12-21(13-11-20)18-31-26(2,3)25(29)30/h4-15,17H,16,18H2,1-3H3,(H,29,30)/b6-4-. The second-order valence-electron chi connectivity index (χ2n) is 7.99. The summed E-state index contributed by atoms with van der Waals surface area (Å²) in [6.07, 6.45) is 5.90. The molecular weight excluding hydrogens is 390 g/mol. The summed E-state index contributed by atoms with van der Waals surface area (Å²) in [5.41, 5.74) is 3.16. The van der Waals surface area contributed by atoms with Crippen molar-refractivity contribution in [1.82, 2.24) is 4.57 Å². The van der Waals surface area contributed by atoms with Gasteiger partial charge in [-0.05, 0) is 44.0 Å². The van der Waals surface area contributed by atoms with E-state index < -0.39 is 11.6 Å². The molecule has 0 saturated heterocycles. The number of carboxylic acids is 1. The van der Waals surface area contributed by atoms with Crippen LogP contribution in [0.4, 0.5) is 0 Å². The summed E-state index contributed by atoms with van der Waals surface area (Å²) in [5, 5.41) is 9.11. The van der Waals surface area contributed by atoms with Gasteiger partial charge in [-0.1, -0.05) is 66.2 Å². The van der Waals surface area contributed by atoms with Crippen molar-refractivity contribution in [3.8, 4) is 0 Å². The van der Waals surface area contributed by atoms with E-state index in [0.717, 1.165) is 16.7 Å². The van der Waals surface area contributed by atoms with Crippen LogP contribution in [-0.2, 0) is 22.7 Å². The zero-order valence-electron chi connectivity index (χ0n) is 18.0. The SMILES string of the molecule is Cc1ccc(C(=O)c2cccn2C/C=C\c2ccc(COC(C)(C)C(=O)O)cc2)cc1. The minimum absolute atomic E-state index is 0.00652. The Balaban J connectivity index is 1.60. The lowest BCUT2D eigenvalue weighted by molar-refractivity contribution is -0.162. The molecule has 160 valence electrons. The number of hydrogen-bond donors (Lipinski definition) is 1. The van der Waals surface area contributed by atoms with Gasteiger partial charge in [-0.25, -0.2) is 4.79 Å². The summed E-state index contributed by atoms with van der Waals surface area (Å²) in [6.45, 7) is 5.88. The highest BCUT2D eigenvalue weighted by Crippen LogP contribution is 2.15. The van der Waals surface area contributed by atoms with Crippen molar-refractivity contribution in [2.24, 2.45) is 0 Å². The molecule has 1 aromatic heterocycles. The van der Waals surface area contributed by atoms with Gasteiger partial charge in [0.05, 0.1) is 12.3 Å². The number of carboxylic acid groups (broad SMARTS) is 1. The van der Waals surface area contributed by atoms with Gasteiger partial charge in [0, 0.05) is 18.3 Å². The smallest absolute Gasteiger partial charge is 0.335 e. The Morgan fingerprint density at radius 3 is 2.35 bits per heavy atom. The predicted octanol–water partition coefficient (Wildman–Crippen LogP) is 5.12. The number of aryl methyl sites for hydroxylation is 1. The Morgan fingerprint density at radius 1 is 1.03 bits per heavy atom. The molecule has 1 heterocycles. The van der Waals surface area contributed by atoms with E-state index in [1.165, 1.54) is 13.8 Å². The van der Waals surface area contributed by atoms with Crippen LogP contribution < -0.4 is 0 Å². The number of carbonyl (C=O) groups excluding carboxylic acids is 1. The molecule has 0 saturated carbocycles. The molecule has 0 unspecified atom stereocenters. The number of benzene rings is 2. The van der Waals surface area contributed by atoms with Crippen molar-refractivity contribution in [1.29, 1.82) is 0 Å². The number of aliphatic carboxylic acids is 1. The maximum atomic E-state index is 12.8. The Morgan fingerprint density at radius 2 is 1.71 bits per heavy atom. The van der Waals surface area contributed by atoms with E-state index in [-0.39, 0.29) is 12.4 Å². The van der Waals surface area contributed by atoms with Gasteiger partial charge in [0.25, 0.3) is 0 Å². The number of carbonyl (C=O) groups is 2. The van der Waals surface area contributed by atoms with Crippen molar-refractivity contribution in [2.75, 3.05) is 0 Å². The van der Waals surface area contributed by atoms with E-state index >= 15 is 0 Å². The van der Waals surface area contributed by atoms with Gasteiger partial charge in [0.15, 0.2) is 5.60 Å². The maximum Gasteiger partial charge on any atom is 0.335 e. The zero-order chi connectivity index (χ0) is 22.4. The first-order valence-electron chi connectivity index (χ1n) is 10.2. The van der Waals surface area contributed by atoms with Crippen molar-refractivity contribution < 1.29 is 19.4 Å². The van der Waals surface area contributed by atoms with Gasteiger partial charge in [-0.2, -0.15) is 0 Å². The highest BCUT2D eigenvalue weighted by Gasteiger charge is 2.27. The fourth-order valence-corrected chi connectivity index (χ4v) is 2.99. The molecule has 3 rings (SSSR count). The molecule has 0 aliphatic rings. The second-order valence-corrected chi connectivity index (χ2v) is 7.99. The van der Waals surface area contributed by atoms with Crippen LogP contribution in [0.25, 0.3) is 6.08 Å². The van der Waals surface area contributed by atoms with E-state index in [9.17, 15) is 9.59 Å². The third-order valence-electron chi connectivity index (χ3n) is 5.08. The van der Waals surface area contributed by atoms with E-state index in [2.05, 4.69) is 0 Å². The van der Waals surface area contributed by atoms with Crippen molar-refractivity contribution in [3.05, 3.63) is 101 Å². The highest BCUT2D eigenvalue weighted by molar-refractivity contribution is 6.08. The molecule has 3 aromatic rings. The fraction of sp³-hybridized carbons (Fsp3) is 0.231. The zero-order valence-corrected chi connectivity index (χ0v) is 18.0. The molecule has 0 atom stereocenters. The van der Waals surface area contributed by atoms with E-state index in [4.69, 9.17) is 9.84 Å². The maximum absolute atomic E-state index is 12.8. The molecule has 0 fully saturated rings. The quantitative estimate of drug-likeness (QED) is 0.491. The first kappa shape index (κ1) is 22.2. The van der Waals surface area contributed by atoms with Crippen LogP contribution in [0.2, 0.25) is 0 Å². The van der Waals surface area contributed by atoms with Crippen LogP contribution in [0.1, 0.15) is 46.6 Å². The molecule has 0 aliphatic carbocycles. The molecule has 5 heteroatoms. The monoisotopic (exact) mass is 417 g/mol. The molecule has 2 aromatic carbocycles. The molecule has 31 heavy (non-hydrogen) atoms. The van der Waals surface area contributed by atoms with E-state index in [1.54, 1.807) is 0 Å². The van der Waals surface area contributed by atoms with Gasteiger partial charge in [-0.3, -0.25) is 4.79 Å². The molecule has 0 radical (unpaired) electrons. The lowest BCUT2D eigenvalue weighted by atomic mass is 10.1. The fourth-order valence-electron chi connectivity index (χ4n) is 2.99. The molecule has 0 spiro atoms. The third kappa shape index (κ3) is 5.80. The second kappa shape index (κ2) is 9.58. The molecule has 1 N–H and O–H groups in total. The highest BCUT2D eigenvalue weighted by atomic mass is 16.5. The summed E-state index contributed by atoms with van der Waals surface area (Å²) < 4.78 is 7.40. The topological polar surface area (TPSA) is 68.5 Å². The first-order chi connectivity index (χ1) is 14.8. The van der Waals surface area contributed by atoms with Gasteiger partial charge in [-0.15, -0.1) is 0 Å². The average molecular weight is 418 g/mol. The van der Waals surface area contributed by atoms with Crippen LogP contribution in [0.5, 0.6) is 0 Å². The average Bonchev–Trinajstić information content (AvgIpc) is 3.21. The molecule has 0 aliphatic heterocycles. The number of ether oxygens (including phenoxy) is 1. The minimum Gasteiger partial charge on any atom is -0.479 e. The summed E-state index contributed by atoms with van der Waals surface area (Å²) in [4.78, 5) is 23.9. The summed E-state index contributed by atoms with van der Waals surface area (Å²) in [5.74, 6) is -0.982. The van der Waals surface area contributed by atoms with Crippen LogP contribution in [0.3, 0.4) is 0 Å². The van der Waals surface area contributed by atoms with Crippen LogP contribution in [-0.4, -0.2) is 27.0 Å². The first-order valence-corrected chi connectivity index (χ1v) is 10.2. The van der Waals surface area contributed by atoms with E-state index in [1.807, 2.05) is 90.5 Å². The van der Waals surface area contributed by atoms with Gasteiger partial charge in [0.2, 0.25) is 5.78 Å². The molecular formula is C26H27NO4. The molecule has 0 bridgehead atoms. The lowest BCUT2D eigenvalue weighted by Crippen LogP contribution is -2.34. The number of rotatable bonds is 9. The number of ketones is 1. The van der Waals surface area contributed by atoms with Gasteiger partial charge >= 0.3 is 5.97 Å². The Hall–Kier alpha value is -3.44. The van der Waals surface area contributed by atoms with Gasteiger partial charge < -0.3 is 14.4 Å². The lowest BCUT2D eigenvalue weighted by Gasteiger charge is -2.20. The summed E-state index contributed by atoms with van der Waals surface area (Å²) in [6, 6.07) is 19.1. The molecule has 5 nitrogen and oxygen atoms in total. The van der Waals surface area contributed by atoms with Crippen molar-refractivity contribution in [2.45, 2.75) is 39.5 Å². The van der Waals surface area contributed by atoms with Crippen molar-refractivity contribution in [3.63, 3.8) is 0 Å². The molecule has 0 amide bonds. The minimum atomic E-state index is -1.22. The largest absolute Gasteiger partial charge is 0.479 e. The number of aromatic nitrogens is 1. The predicted molar refractivity (Wildman–Crippen MR) is 121 cm³/mol. The van der Waals surface area contributed by atoms with Crippen LogP contribution >= 0.6 is 0 Å².